The standard InChI is InChI=1S/C3H6Br.K.H3O4P/c1-2-3-4;;1-5(2,3)4/h1-3H2;;(H3,1,2,3,4)/q-1;+1;. The second-order valence-corrected chi connectivity index (χ2v) is 2.88. The summed E-state index contributed by atoms with van der Waals surface area (Å²) < 4.78 is 8.88. The van der Waals surface area contributed by atoms with Crippen molar-refractivity contribution in [2.24, 2.45) is 0 Å². The number of hydrogen-bond acceptors (Lipinski definition) is 1. The fourth-order valence-corrected chi connectivity index (χ4v) is 0. The van der Waals surface area contributed by atoms with E-state index < -0.39 is 7.82 Å². The van der Waals surface area contributed by atoms with Gasteiger partial charge in [0.2, 0.25) is 0 Å². The Morgan fingerprint density at radius 1 is 1.40 bits per heavy atom. The molecule has 0 aliphatic carbocycles. The molecule has 0 saturated heterocycles. The summed E-state index contributed by atoms with van der Waals surface area (Å²) in [4.78, 5) is 21.6. The average Bonchev–Trinajstić information content (AvgIpc) is 1.61. The topological polar surface area (TPSA) is 77.8 Å². The van der Waals surface area contributed by atoms with Crippen molar-refractivity contribution in [1.29, 1.82) is 0 Å². The number of alkyl halides is 1. The van der Waals surface area contributed by atoms with Gasteiger partial charge in [0, 0.05) is 0 Å². The van der Waals surface area contributed by atoms with Crippen LogP contribution in [-0.4, -0.2) is 20.0 Å². The molecular weight excluding hydrogens is 250 g/mol. The van der Waals surface area contributed by atoms with Gasteiger partial charge in [-0.1, -0.05) is 15.9 Å². The summed E-state index contributed by atoms with van der Waals surface area (Å²) in [6, 6.07) is 0. The third kappa shape index (κ3) is 83.6. The number of rotatable bonds is 1. The summed E-state index contributed by atoms with van der Waals surface area (Å²) in [5.41, 5.74) is 0. The zero-order valence-electron chi connectivity index (χ0n) is 5.70. The van der Waals surface area contributed by atoms with Crippen LogP contribution in [0.2, 0.25) is 0 Å². The third-order valence-electron chi connectivity index (χ3n) is 0.134. The van der Waals surface area contributed by atoms with Crippen LogP contribution in [0.5, 0.6) is 0 Å². The first-order valence-corrected chi connectivity index (χ1v) is 4.74. The van der Waals surface area contributed by atoms with Crippen molar-refractivity contribution in [2.75, 3.05) is 5.33 Å². The van der Waals surface area contributed by atoms with Gasteiger partial charge in [-0.05, 0) is 5.33 Å². The third-order valence-corrected chi connectivity index (χ3v) is 0.694. The molecule has 7 heteroatoms. The molecule has 0 bridgehead atoms. The molecule has 0 heterocycles. The molecular formula is C3H9BrKO4P. The fraction of sp³-hybridized carbons (Fsp3) is 0.667. The van der Waals surface area contributed by atoms with Crippen LogP contribution in [0.3, 0.4) is 0 Å². The minimum atomic E-state index is -4.64. The van der Waals surface area contributed by atoms with E-state index in [-0.39, 0.29) is 51.4 Å². The minimum Gasteiger partial charge on any atom is -0.343 e. The smallest absolute Gasteiger partial charge is 0.343 e. The van der Waals surface area contributed by atoms with Gasteiger partial charge in [0.25, 0.3) is 0 Å². The Balaban J connectivity index is -0.0000000910. The van der Waals surface area contributed by atoms with E-state index in [1.807, 2.05) is 0 Å². The second-order valence-electron chi connectivity index (χ2n) is 1.06. The van der Waals surface area contributed by atoms with E-state index in [0.717, 1.165) is 11.8 Å². The van der Waals surface area contributed by atoms with Crippen molar-refractivity contribution in [3.05, 3.63) is 6.92 Å². The maximum Gasteiger partial charge on any atom is 1.00 e. The molecule has 0 radical (unpaired) electrons. The molecule has 0 aromatic carbocycles. The SMILES string of the molecule is O=P(O)(O)O.[CH2-]CCBr.[K+]. The molecule has 0 atom stereocenters. The Morgan fingerprint density at radius 2 is 1.50 bits per heavy atom. The van der Waals surface area contributed by atoms with Crippen LogP contribution in [0.4, 0.5) is 0 Å². The minimum absolute atomic E-state index is 0. The molecule has 4 nitrogen and oxygen atoms in total. The van der Waals surface area contributed by atoms with Crippen LogP contribution in [0.1, 0.15) is 6.42 Å². The van der Waals surface area contributed by atoms with Crippen molar-refractivity contribution in [3.63, 3.8) is 0 Å². The van der Waals surface area contributed by atoms with Gasteiger partial charge in [-0.2, -0.15) is 6.42 Å². The first-order valence-electron chi connectivity index (χ1n) is 2.05. The molecule has 0 saturated carbocycles. The molecule has 0 aromatic rings. The molecule has 3 N–H and O–H groups in total. The van der Waals surface area contributed by atoms with Crippen LogP contribution in [0, 0.1) is 6.92 Å². The van der Waals surface area contributed by atoms with Crippen LogP contribution in [0.25, 0.3) is 0 Å². The van der Waals surface area contributed by atoms with Crippen molar-refractivity contribution in [3.8, 4) is 0 Å². The monoisotopic (exact) mass is 258 g/mol. The summed E-state index contributed by atoms with van der Waals surface area (Å²) in [7, 11) is -4.64. The fourth-order valence-electron chi connectivity index (χ4n) is 0. The molecule has 10 heavy (non-hydrogen) atoms. The average molecular weight is 259 g/mol. The summed E-state index contributed by atoms with van der Waals surface area (Å²) in [6.45, 7) is 3.56. The van der Waals surface area contributed by atoms with Crippen molar-refractivity contribution < 1.29 is 70.6 Å². The van der Waals surface area contributed by atoms with Gasteiger partial charge in [0.1, 0.15) is 0 Å². The molecule has 0 aromatic heterocycles. The number of halogens is 1. The number of phosphoric acid groups is 1. The summed E-state index contributed by atoms with van der Waals surface area (Å²) >= 11 is 3.19. The van der Waals surface area contributed by atoms with E-state index in [2.05, 4.69) is 22.9 Å². The molecule has 0 aliphatic heterocycles. The van der Waals surface area contributed by atoms with Crippen molar-refractivity contribution in [1.82, 2.24) is 0 Å². The largest absolute Gasteiger partial charge is 1.00 e. The van der Waals surface area contributed by atoms with E-state index in [9.17, 15) is 0 Å². The summed E-state index contributed by atoms with van der Waals surface area (Å²) in [6.07, 6.45) is 0.986. The van der Waals surface area contributed by atoms with Crippen LogP contribution in [-0.2, 0) is 4.57 Å². The Morgan fingerprint density at radius 3 is 1.50 bits per heavy atom. The molecule has 58 valence electrons. The maximum absolute atomic E-state index is 8.88. The predicted octanol–water partition coefficient (Wildman–Crippen LogP) is -2.32. The first kappa shape index (κ1) is 18.1. The van der Waals surface area contributed by atoms with Crippen molar-refractivity contribution >= 4 is 23.8 Å². The summed E-state index contributed by atoms with van der Waals surface area (Å²) in [5, 5.41) is 1.02. The Labute approximate surface area is 111 Å². The van der Waals surface area contributed by atoms with Gasteiger partial charge in [-0.15, -0.1) is 0 Å². The number of hydrogen-bond donors (Lipinski definition) is 3. The first-order chi connectivity index (χ1) is 3.91. The van der Waals surface area contributed by atoms with Crippen LogP contribution < -0.4 is 51.4 Å². The van der Waals surface area contributed by atoms with Gasteiger partial charge in [-0.25, -0.2) is 4.57 Å². The normalized spacial score (nSPS) is 8.90. The van der Waals surface area contributed by atoms with Gasteiger partial charge in [-0.3, -0.25) is 0 Å². The maximum atomic E-state index is 8.88. The molecule has 0 rings (SSSR count). The molecule has 0 unspecified atom stereocenters. The van der Waals surface area contributed by atoms with Gasteiger partial charge in [0.05, 0.1) is 0 Å². The second kappa shape index (κ2) is 11.2. The molecule has 0 aliphatic rings. The summed E-state index contributed by atoms with van der Waals surface area (Å²) in [5.74, 6) is 0. The van der Waals surface area contributed by atoms with E-state index in [4.69, 9.17) is 19.2 Å². The Bertz CT molecular complexity index is 84.2. The molecule has 0 fully saturated rings. The zero-order valence-corrected chi connectivity index (χ0v) is 11.3. The predicted molar refractivity (Wildman–Crippen MR) is 38.0 cm³/mol. The van der Waals surface area contributed by atoms with E-state index in [1.165, 1.54) is 0 Å². The Kier molecular flexibility index (Phi) is 20.3. The van der Waals surface area contributed by atoms with Gasteiger partial charge >= 0.3 is 59.2 Å². The van der Waals surface area contributed by atoms with E-state index in [1.54, 1.807) is 0 Å². The van der Waals surface area contributed by atoms with Crippen LogP contribution in [0.15, 0.2) is 0 Å². The van der Waals surface area contributed by atoms with E-state index >= 15 is 0 Å². The van der Waals surface area contributed by atoms with Crippen molar-refractivity contribution in [2.45, 2.75) is 6.42 Å². The van der Waals surface area contributed by atoms with Gasteiger partial charge < -0.3 is 21.6 Å². The molecule has 0 amide bonds. The van der Waals surface area contributed by atoms with Crippen LogP contribution >= 0.6 is 23.8 Å². The molecule has 0 spiro atoms. The van der Waals surface area contributed by atoms with Gasteiger partial charge in [0.15, 0.2) is 0 Å². The quantitative estimate of drug-likeness (QED) is 0.214. The van der Waals surface area contributed by atoms with E-state index in [0.29, 0.717) is 0 Å². The zero-order chi connectivity index (χ0) is 7.91. The Hall–Kier alpha value is 2.23.